The molecule has 1 amide bonds. The SMILES string of the molecule is O=C(N[C@H]1C[C@H]1c1cccc(F)c1)c1cc2ccccc2oc1=O. The first-order chi connectivity index (χ1) is 11.6. The lowest BCUT2D eigenvalue weighted by molar-refractivity contribution is 0.0947. The topological polar surface area (TPSA) is 59.3 Å². The molecule has 24 heavy (non-hydrogen) atoms. The van der Waals surface area contributed by atoms with Crippen molar-refractivity contribution in [1.82, 2.24) is 5.32 Å². The average molecular weight is 323 g/mol. The van der Waals surface area contributed by atoms with Crippen molar-refractivity contribution in [3.05, 3.63) is 82.0 Å². The maximum atomic E-state index is 13.3. The van der Waals surface area contributed by atoms with E-state index in [-0.39, 0.29) is 23.3 Å². The molecule has 1 N–H and O–H groups in total. The van der Waals surface area contributed by atoms with E-state index in [1.54, 1.807) is 24.3 Å². The van der Waals surface area contributed by atoms with E-state index in [2.05, 4.69) is 5.32 Å². The summed E-state index contributed by atoms with van der Waals surface area (Å²) in [5.41, 5.74) is 0.627. The van der Waals surface area contributed by atoms with Crippen molar-refractivity contribution in [2.24, 2.45) is 0 Å². The van der Waals surface area contributed by atoms with Gasteiger partial charge in [-0.05, 0) is 36.2 Å². The summed E-state index contributed by atoms with van der Waals surface area (Å²) in [5.74, 6) is -0.671. The van der Waals surface area contributed by atoms with Crippen LogP contribution in [0.25, 0.3) is 11.0 Å². The Labute approximate surface area is 136 Å². The van der Waals surface area contributed by atoms with Gasteiger partial charge in [-0.2, -0.15) is 0 Å². The summed E-state index contributed by atoms with van der Waals surface area (Å²) in [6.07, 6.45) is 0.730. The fourth-order valence-corrected chi connectivity index (χ4v) is 2.93. The fourth-order valence-electron chi connectivity index (χ4n) is 2.93. The van der Waals surface area contributed by atoms with Gasteiger partial charge < -0.3 is 9.73 Å². The average Bonchev–Trinajstić information content (AvgIpc) is 3.33. The number of halogens is 1. The molecule has 4 rings (SSSR count). The Morgan fingerprint density at radius 2 is 1.96 bits per heavy atom. The summed E-state index contributed by atoms with van der Waals surface area (Å²) >= 11 is 0. The Hall–Kier alpha value is -2.95. The van der Waals surface area contributed by atoms with Gasteiger partial charge in [-0.3, -0.25) is 4.79 Å². The van der Waals surface area contributed by atoms with Crippen LogP contribution in [0.4, 0.5) is 4.39 Å². The number of rotatable bonds is 3. The summed E-state index contributed by atoms with van der Waals surface area (Å²) in [5, 5.41) is 3.52. The molecular formula is C19H14FNO3. The van der Waals surface area contributed by atoms with Crippen LogP contribution in [-0.4, -0.2) is 11.9 Å². The van der Waals surface area contributed by atoms with E-state index in [0.717, 1.165) is 12.0 Å². The Morgan fingerprint density at radius 1 is 1.12 bits per heavy atom. The Morgan fingerprint density at radius 3 is 2.79 bits per heavy atom. The molecule has 0 spiro atoms. The number of hydrogen-bond donors (Lipinski definition) is 1. The van der Waals surface area contributed by atoms with Crippen LogP contribution >= 0.6 is 0 Å². The molecule has 0 bridgehead atoms. The van der Waals surface area contributed by atoms with E-state index in [4.69, 9.17) is 4.42 Å². The largest absolute Gasteiger partial charge is 0.422 e. The smallest absolute Gasteiger partial charge is 0.349 e. The van der Waals surface area contributed by atoms with Crippen molar-refractivity contribution >= 4 is 16.9 Å². The monoisotopic (exact) mass is 323 g/mol. The molecule has 2 atom stereocenters. The molecule has 0 unspecified atom stereocenters. The first-order valence-electron chi connectivity index (χ1n) is 7.71. The highest BCUT2D eigenvalue weighted by atomic mass is 19.1. The van der Waals surface area contributed by atoms with E-state index >= 15 is 0 Å². The lowest BCUT2D eigenvalue weighted by Crippen LogP contribution is -2.30. The number of para-hydroxylation sites is 1. The van der Waals surface area contributed by atoms with Crippen molar-refractivity contribution in [2.75, 3.05) is 0 Å². The van der Waals surface area contributed by atoms with Crippen LogP contribution < -0.4 is 10.9 Å². The second-order valence-electron chi connectivity index (χ2n) is 5.96. The molecule has 0 aliphatic heterocycles. The van der Waals surface area contributed by atoms with Gasteiger partial charge in [0, 0.05) is 17.3 Å². The van der Waals surface area contributed by atoms with Crippen molar-refractivity contribution in [1.29, 1.82) is 0 Å². The second kappa shape index (κ2) is 5.60. The standard InChI is InChI=1S/C19H14FNO3/c20-13-6-3-5-11(8-13)14-10-16(14)21-18(22)15-9-12-4-1-2-7-17(12)24-19(15)23/h1-9,14,16H,10H2,(H,21,22)/t14-,16-/m0/s1. The third kappa shape index (κ3) is 2.69. The van der Waals surface area contributed by atoms with Gasteiger partial charge >= 0.3 is 5.63 Å². The number of nitrogens with one attached hydrogen (secondary N) is 1. The van der Waals surface area contributed by atoms with Crippen LogP contribution in [-0.2, 0) is 0 Å². The van der Waals surface area contributed by atoms with Crippen LogP contribution in [0.15, 0.2) is 63.8 Å². The first-order valence-corrected chi connectivity index (χ1v) is 7.71. The van der Waals surface area contributed by atoms with Gasteiger partial charge in [-0.25, -0.2) is 9.18 Å². The first kappa shape index (κ1) is 14.6. The molecule has 1 heterocycles. The summed E-state index contributed by atoms with van der Waals surface area (Å²) in [6.45, 7) is 0. The quantitative estimate of drug-likeness (QED) is 0.753. The normalized spacial score (nSPS) is 19.2. The predicted octanol–water partition coefficient (Wildman–Crippen LogP) is 3.22. The van der Waals surface area contributed by atoms with Gasteiger partial charge in [0.25, 0.3) is 5.91 Å². The van der Waals surface area contributed by atoms with Crippen molar-refractivity contribution < 1.29 is 13.6 Å². The number of benzene rings is 2. The zero-order valence-corrected chi connectivity index (χ0v) is 12.7. The molecule has 1 aromatic heterocycles. The van der Waals surface area contributed by atoms with Crippen LogP contribution in [0.2, 0.25) is 0 Å². The third-order valence-electron chi connectivity index (χ3n) is 4.27. The third-order valence-corrected chi connectivity index (χ3v) is 4.27. The predicted molar refractivity (Wildman–Crippen MR) is 87.5 cm³/mol. The molecule has 1 fully saturated rings. The minimum absolute atomic E-state index is 0.0152. The molecule has 4 nitrogen and oxygen atoms in total. The van der Waals surface area contributed by atoms with Crippen molar-refractivity contribution in [3.63, 3.8) is 0 Å². The highest BCUT2D eigenvalue weighted by Crippen LogP contribution is 2.41. The lowest BCUT2D eigenvalue weighted by atomic mass is 10.1. The number of carbonyl (C=O) groups is 1. The summed E-state index contributed by atoms with van der Waals surface area (Å²) in [6, 6.07) is 14.8. The van der Waals surface area contributed by atoms with Crippen LogP contribution in [0, 0.1) is 5.82 Å². The van der Waals surface area contributed by atoms with Gasteiger partial charge in [-0.15, -0.1) is 0 Å². The van der Waals surface area contributed by atoms with Gasteiger partial charge in [0.1, 0.15) is 17.0 Å². The molecule has 1 saturated carbocycles. The van der Waals surface area contributed by atoms with Gasteiger partial charge in [-0.1, -0.05) is 30.3 Å². The number of carbonyl (C=O) groups excluding carboxylic acids is 1. The maximum absolute atomic E-state index is 13.3. The highest BCUT2D eigenvalue weighted by Gasteiger charge is 2.40. The van der Waals surface area contributed by atoms with Crippen molar-refractivity contribution in [2.45, 2.75) is 18.4 Å². The molecule has 1 aliphatic carbocycles. The van der Waals surface area contributed by atoms with E-state index in [1.165, 1.54) is 18.2 Å². The number of amides is 1. The molecule has 0 saturated heterocycles. The van der Waals surface area contributed by atoms with E-state index in [9.17, 15) is 14.0 Å². The second-order valence-corrected chi connectivity index (χ2v) is 5.96. The van der Waals surface area contributed by atoms with Crippen LogP contribution in [0.1, 0.15) is 28.3 Å². The number of hydrogen-bond acceptors (Lipinski definition) is 3. The summed E-state index contributed by atoms with van der Waals surface area (Å²) < 4.78 is 18.4. The minimum Gasteiger partial charge on any atom is -0.422 e. The Bertz CT molecular complexity index is 995. The van der Waals surface area contributed by atoms with E-state index in [1.807, 2.05) is 12.1 Å². The Balaban J connectivity index is 1.53. The maximum Gasteiger partial charge on any atom is 0.349 e. The van der Waals surface area contributed by atoms with Crippen LogP contribution in [0.3, 0.4) is 0 Å². The van der Waals surface area contributed by atoms with E-state index in [0.29, 0.717) is 11.0 Å². The molecule has 2 aromatic carbocycles. The zero-order chi connectivity index (χ0) is 16.7. The molecule has 1 aliphatic rings. The highest BCUT2D eigenvalue weighted by molar-refractivity contribution is 5.97. The summed E-state index contributed by atoms with van der Waals surface area (Å²) in [7, 11) is 0. The van der Waals surface area contributed by atoms with Gasteiger partial charge in [0.05, 0.1) is 0 Å². The number of fused-ring (bicyclic) bond motifs is 1. The molecule has 0 radical (unpaired) electrons. The Kier molecular flexibility index (Phi) is 3.41. The zero-order valence-electron chi connectivity index (χ0n) is 12.7. The van der Waals surface area contributed by atoms with E-state index < -0.39 is 11.5 Å². The molecule has 5 heteroatoms. The molecular weight excluding hydrogens is 309 g/mol. The van der Waals surface area contributed by atoms with Crippen LogP contribution in [0.5, 0.6) is 0 Å². The fraction of sp³-hybridized carbons (Fsp3) is 0.158. The lowest BCUT2D eigenvalue weighted by Gasteiger charge is -2.05. The minimum atomic E-state index is -0.658. The van der Waals surface area contributed by atoms with Crippen molar-refractivity contribution in [3.8, 4) is 0 Å². The van der Waals surface area contributed by atoms with Gasteiger partial charge in [0.2, 0.25) is 0 Å². The summed E-state index contributed by atoms with van der Waals surface area (Å²) in [4.78, 5) is 24.4. The van der Waals surface area contributed by atoms with Gasteiger partial charge in [0.15, 0.2) is 0 Å². The molecule has 3 aromatic rings. The molecule has 120 valence electrons.